The van der Waals surface area contributed by atoms with Gasteiger partial charge >= 0.3 is 0 Å². The lowest BCUT2D eigenvalue weighted by atomic mass is 9.85. The highest BCUT2D eigenvalue weighted by Crippen LogP contribution is 2.22. The molecule has 17 heavy (non-hydrogen) atoms. The van der Waals surface area contributed by atoms with Gasteiger partial charge in [-0.2, -0.15) is 5.10 Å². The van der Waals surface area contributed by atoms with Gasteiger partial charge in [0.25, 0.3) is 0 Å². The van der Waals surface area contributed by atoms with Crippen LogP contribution in [0.25, 0.3) is 0 Å². The van der Waals surface area contributed by atoms with E-state index in [4.69, 9.17) is 0 Å². The Bertz CT molecular complexity index is 345. The molecule has 0 saturated carbocycles. The Morgan fingerprint density at radius 2 is 2.35 bits per heavy atom. The Morgan fingerprint density at radius 3 is 3.06 bits per heavy atom. The molecule has 1 N–H and O–H groups in total. The average Bonchev–Trinajstić information content (AvgIpc) is 2.68. The molecule has 1 aliphatic rings. The molecule has 0 amide bonds. The Kier molecular flexibility index (Phi) is 4.15. The van der Waals surface area contributed by atoms with Crippen molar-refractivity contribution in [3.05, 3.63) is 12.2 Å². The van der Waals surface area contributed by atoms with Crippen molar-refractivity contribution >= 4 is 0 Å². The molecule has 2 unspecified atom stereocenters. The molecule has 96 valence electrons. The number of aromatic nitrogens is 3. The molecule has 0 aromatic carbocycles. The smallest absolute Gasteiger partial charge is 0.138 e. The van der Waals surface area contributed by atoms with Gasteiger partial charge in [-0.1, -0.05) is 20.8 Å². The molecule has 1 aromatic heterocycles. The SMILES string of the molecule is CC(C)Cn1ncnc1CC1CCNCC1C. The van der Waals surface area contributed by atoms with Gasteiger partial charge in [0.05, 0.1) is 0 Å². The van der Waals surface area contributed by atoms with Crippen LogP contribution in [0, 0.1) is 17.8 Å². The van der Waals surface area contributed by atoms with E-state index in [-0.39, 0.29) is 0 Å². The number of piperidine rings is 1. The van der Waals surface area contributed by atoms with Crippen LogP contribution in [0.5, 0.6) is 0 Å². The summed E-state index contributed by atoms with van der Waals surface area (Å²) in [7, 11) is 0. The van der Waals surface area contributed by atoms with Gasteiger partial charge in [-0.3, -0.25) is 0 Å². The van der Waals surface area contributed by atoms with Crippen LogP contribution in [0.1, 0.15) is 33.0 Å². The summed E-state index contributed by atoms with van der Waals surface area (Å²) in [5.74, 6) is 3.29. The van der Waals surface area contributed by atoms with E-state index < -0.39 is 0 Å². The molecular formula is C13H24N4. The van der Waals surface area contributed by atoms with Crippen molar-refractivity contribution in [3.63, 3.8) is 0 Å². The van der Waals surface area contributed by atoms with E-state index >= 15 is 0 Å². The van der Waals surface area contributed by atoms with Crippen molar-refractivity contribution in [2.24, 2.45) is 17.8 Å². The molecule has 4 nitrogen and oxygen atoms in total. The van der Waals surface area contributed by atoms with Gasteiger partial charge in [-0.05, 0) is 37.3 Å². The van der Waals surface area contributed by atoms with Crippen LogP contribution in [-0.2, 0) is 13.0 Å². The van der Waals surface area contributed by atoms with Gasteiger partial charge in [0.2, 0.25) is 0 Å². The second-order valence-electron chi connectivity index (χ2n) is 5.69. The second kappa shape index (κ2) is 5.63. The highest BCUT2D eigenvalue weighted by atomic mass is 15.3. The fourth-order valence-corrected chi connectivity index (χ4v) is 2.55. The summed E-state index contributed by atoms with van der Waals surface area (Å²) in [6, 6.07) is 0. The lowest BCUT2D eigenvalue weighted by Gasteiger charge is -2.29. The van der Waals surface area contributed by atoms with E-state index in [1.807, 2.05) is 0 Å². The molecule has 2 rings (SSSR count). The monoisotopic (exact) mass is 236 g/mol. The number of hydrogen-bond acceptors (Lipinski definition) is 3. The van der Waals surface area contributed by atoms with Crippen molar-refractivity contribution < 1.29 is 0 Å². The summed E-state index contributed by atoms with van der Waals surface area (Å²) in [5.41, 5.74) is 0. The highest BCUT2D eigenvalue weighted by Gasteiger charge is 2.23. The molecule has 0 radical (unpaired) electrons. The largest absolute Gasteiger partial charge is 0.316 e. The minimum Gasteiger partial charge on any atom is -0.316 e. The molecule has 0 bridgehead atoms. The average molecular weight is 236 g/mol. The maximum absolute atomic E-state index is 4.43. The van der Waals surface area contributed by atoms with Crippen LogP contribution in [-0.4, -0.2) is 27.9 Å². The van der Waals surface area contributed by atoms with Crippen molar-refractivity contribution in [3.8, 4) is 0 Å². The van der Waals surface area contributed by atoms with Gasteiger partial charge in [-0.15, -0.1) is 0 Å². The highest BCUT2D eigenvalue weighted by molar-refractivity contribution is 4.90. The first-order chi connectivity index (χ1) is 8.16. The number of nitrogens with zero attached hydrogens (tertiary/aromatic N) is 3. The fourth-order valence-electron chi connectivity index (χ4n) is 2.55. The lowest BCUT2D eigenvalue weighted by Crippen LogP contribution is -2.36. The second-order valence-corrected chi connectivity index (χ2v) is 5.69. The molecule has 1 aromatic rings. The minimum atomic E-state index is 0.626. The van der Waals surface area contributed by atoms with Gasteiger partial charge < -0.3 is 5.32 Å². The molecule has 0 aliphatic carbocycles. The van der Waals surface area contributed by atoms with Gasteiger partial charge in [0.15, 0.2) is 0 Å². The van der Waals surface area contributed by atoms with E-state index in [0.29, 0.717) is 5.92 Å². The normalized spacial score (nSPS) is 25.4. The van der Waals surface area contributed by atoms with E-state index in [1.54, 1.807) is 6.33 Å². The van der Waals surface area contributed by atoms with E-state index in [9.17, 15) is 0 Å². The third-order valence-corrected chi connectivity index (χ3v) is 3.64. The molecule has 2 heterocycles. The predicted octanol–water partition coefficient (Wildman–Crippen LogP) is 1.72. The first-order valence-electron chi connectivity index (χ1n) is 6.74. The number of hydrogen-bond donors (Lipinski definition) is 1. The summed E-state index contributed by atoms with van der Waals surface area (Å²) in [6.45, 7) is 10.0. The van der Waals surface area contributed by atoms with E-state index in [2.05, 4.69) is 40.9 Å². The molecule has 0 spiro atoms. The van der Waals surface area contributed by atoms with Crippen molar-refractivity contribution in [2.45, 2.75) is 40.2 Å². The van der Waals surface area contributed by atoms with E-state index in [0.717, 1.165) is 43.7 Å². The van der Waals surface area contributed by atoms with Gasteiger partial charge in [0.1, 0.15) is 12.2 Å². The maximum Gasteiger partial charge on any atom is 0.138 e. The zero-order chi connectivity index (χ0) is 12.3. The summed E-state index contributed by atoms with van der Waals surface area (Å²) >= 11 is 0. The van der Waals surface area contributed by atoms with Crippen LogP contribution in [0.3, 0.4) is 0 Å². The minimum absolute atomic E-state index is 0.626. The van der Waals surface area contributed by atoms with Crippen LogP contribution in [0.15, 0.2) is 6.33 Å². The standard InChI is InChI=1S/C13H24N4/c1-10(2)8-17-13(15-9-16-17)6-12-4-5-14-7-11(12)3/h9-12,14H,4-8H2,1-3H3. The predicted molar refractivity (Wildman–Crippen MR) is 68.7 cm³/mol. The number of nitrogens with one attached hydrogen (secondary N) is 1. The summed E-state index contributed by atoms with van der Waals surface area (Å²) in [6.07, 6.45) is 4.04. The quantitative estimate of drug-likeness (QED) is 0.865. The van der Waals surface area contributed by atoms with Crippen LogP contribution in [0.2, 0.25) is 0 Å². The van der Waals surface area contributed by atoms with Gasteiger partial charge in [0, 0.05) is 13.0 Å². The fraction of sp³-hybridized carbons (Fsp3) is 0.846. The van der Waals surface area contributed by atoms with Crippen molar-refractivity contribution in [2.75, 3.05) is 13.1 Å². The molecule has 2 atom stereocenters. The first-order valence-corrected chi connectivity index (χ1v) is 6.74. The lowest BCUT2D eigenvalue weighted by molar-refractivity contribution is 0.264. The first kappa shape index (κ1) is 12.6. The third-order valence-electron chi connectivity index (χ3n) is 3.64. The van der Waals surface area contributed by atoms with E-state index in [1.165, 1.54) is 6.42 Å². The Hall–Kier alpha value is -0.900. The molecule has 4 heteroatoms. The summed E-state index contributed by atoms with van der Waals surface area (Å²) in [5, 5.41) is 7.78. The summed E-state index contributed by atoms with van der Waals surface area (Å²) < 4.78 is 2.08. The molecule has 1 aliphatic heterocycles. The maximum atomic E-state index is 4.43. The zero-order valence-electron chi connectivity index (χ0n) is 11.2. The van der Waals surface area contributed by atoms with Crippen LogP contribution >= 0.6 is 0 Å². The van der Waals surface area contributed by atoms with Crippen molar-refractivity contribution in [1.29, 1.82) is 0 Å². The molecular weight excluding hydrogens is 212 g/mol. The molecule has 1 saturated heterocycles. The Balaban J connectivity index is 1.99. The Morgan fingerprint density at radius 1 is 1.53 bits per heavy atom. The van der Waals surface area contributed by atoms with Crippen LogP contribution < -0.4 is 5.32 Å². The third kappa shape index (κ3) is 3.28. The number of rotatable bonds is 4. The zero-order valence-corrected chi connectivity index (χ0v) is 11.2. The topological polar surface area (TPSA) is 42.7 Å². The summed E-state index contributed by atoms with van der Waals surface area (Å²) in [4.78, 5) is 4.43. The van der Waals surface area contributed by atoms with Gasteiger partial charge in [-0.25, -0.2) is 9.67 Å². The van der Waals surface area contributed by atoms with Crippen LogP contribution in [0.4, 0.5) is 0 Å². The molecule has 1 fully saturated rings. The van der Waals surface area contributed by atoms with Crippen molar-refractivity contribution in [1.82, 2.24) is 20.1 Å². The Labute approximate surface area is 104 Å².